The van der Waals surface area contributed by atoms with E-state index in [1.807, 2.05) is 43.3 Å². The Hall–Kier alpha value is -2.53. The van der Waals surface area contributed by atoms with Crippen molar-refractivity contribution in [3.8, 4) is 5.75 Å². The number of nitrogens with one attached hydrogen (secondary N) is 1. The molecule has 2 aromatic rings. The average molecular weight is 353 g/mol. The molecular formula is C21H27N3O2. The van der Waals surface area contributed by atoms with Gasteiger partial charge in [0.2, 0.25) is 5.91 Å². The molecule has 0 spiro atoms. The van der Waals surface area contributed by atoms with E-state index in [0.29, 0.717) is 13.0 Å². The van der Waals surface area contributed by atoms with E-state index in [4.69, 9.17) is 4.74 Å². The second-order valence-electron chi connectivity index (χ2n) is 6.64. The fraction of sp³-hybridized carbons (Fsp3) is 0.381. The Bertz CT molecular complexity index is 705. The summed E-state index contributed by atoms with van der Waals surface area (Å²) in [5.74, 6) is 0.817. The van der Waals surface area contributed by atoms with Crippen LogP contribution in [0.2, 0.25) is 0 Å². The van der Waals surface area contributed by atoms with Crippen molar-refractivity contribution in [2.45, 2.75) is 13.3 Å². The normalized spacial score (nSPS) is 14.9. The van der Waals surface area contributed by atoms with E-state index in [-0.39, 0.29) is 5.91 Å². The number of piperazine rings is 1. The number of carbonyl (C=O) groups excluding carboxylic acids is 1. The smallest absolute Gasteiger partial charge is 0.228 e. The minimum Gasteiger partial charge on any atom is -0.494 e. The topological polar surface area (TPSA) is 44.8 Å². The van der Waals surface area contributed by atoms with Gasteiger partial charge in [-0.2, -0.15) is 0 Å². The Morgan fingerprint density at radius 1 is 1.00 bits per heavy atom. The summed E-state index contributed by atoms with van der Waals surface area (Å²) in [7, 11) is 2.15. The maximum atomic E-state index is 12.3. The molecule has 26 heavy (non-hydrogen) atoms. The molecule has 1 fully saturated rings. The minimum atomic E-state index is -0.0125. The molecule has 5 nitrogen and oxygen atoms in total. The van der Waals surface area contributed by atoms with Gasteiger partial charge >= 0.3 is 0 Å². The number of benzene rings is 2. The van der Waals surface area contributed by atoms with Crippen LogP contribution in [0.5, 0.6) is 5.75 Å². The summed E-state index contributed by atoms with van der Waals surface area (Å²) >= 11 is 0. The first kappa shape index (κ1) is 18.3. The first-order valence-electron chi connectivity index (χ1n) is 9.19. The van der Waals surface area contributed by atoms with Gasteiger partial charge in [0.1, 0.15) is 5.75 Å². The van der Waals surface area contributed by atoms with Gasteiger partial charge in [0, 0.05) is 37.6 Å². The van der Waals surface area contributed by atoms with E-state index in [0.717, 1.165) is 43.2 Å². The van der Waals surface area contributed by atoms with E-state index in [2.05, 4.69) is 34.3 Å². The number of rotatable bonds is 6. The predicted molar refractivity (Wildman–Crippen MR) is 106 cm³/mol. The molecule has 0 bridgehead atoms. The largest absolute Gasteiger partial charge is 0.494 e. The first-order chi connectivity index (χ1) is 12.6. The van der Waals surface area contributed by atoms with Crippen LogP contribution in [0.1, 0.15) is 12.5 Å². The number of amides is 1. The van der Waals surface area contributed by atoms with Crippen molar-refractivity contribution in [2.24, 2.45) is 0 Å². The summed E-state index contributed by atoms with van der Waals surface area (Å²) < 4.78 is 5.42. The number of nitrogens with zero attached hydrogens (tertiary/aromatic N) is 2. The van der Waals surface area contributed by atoms with Gasteiger partial charge in [-0.05, 0) is 55.9 Å². The molecule has 0 radical (unpaired) electrons. The summed E-state index contributed by atoms with van der Waals surface area (Å²) in [6, 6.07) is 15.8. The van der Waals surface area contributed by atoms with Crippen molar-refractivity contribution in [3.63, 3.8) is 0 Å². The highest BCUT2D eigenvalue weighted by atomic mass is 16.5. The second kappa shape index (κ2) is 8.72. The lowest BCUT2D eigenvalue weighted by atomic mass is 10.1. The van der Waals surface area contributed by atoms with Crippen molar-refractivity contribution in [2.75, 3.05) is 50.1 Å². The summed E-state index contributed by atoms with van der Waals surface area (Å²) in [6.07, 6.45) is 0.354. The van der Waals surface area contributed by atoms with Crippen LogP contribution in [-0.4, -0.2) is 50.6 Å². The average Bonchev–Trinajstić information content (AvgIpc) is 2.65. The highest BCUT2D eigenvalue weighted by Crippen LogP contribution is 2.20. The lowest BCUT2D eigenvalue weighted by Crippen LogP contribution is -2.44. The van der Waals surface area contributed by atoms with Crippen LogP contribution in [0.15, 0.2) is 48.5 Å². The minimum absolute atomic E-state index is 0.0125. The Balaban J connectivity index is 1.52. The third kappa shape index (κ3) is 4.99. The van der Waals surface area contributed by atoms with Crippen LogP contribution < -0.4 is 15.0 Å². The number of hydrogen-bond donors (Lipinski definition) is 1. The molecule has 1 aliphatic heterocycles. The number of ether oxygens (including phenoxy) is 1. The van der Waals surface area contributed by atoms with Crippen molar-refractivity contribution in [1.82, 2.24) is 4.90 Å². The first-order valence-corrected chi connectivity index (χ1v) is 9.19. The number of likely N-dealkylation sites (N-methyl/N-ethyl adjacent to an activating group) is 1. The van der Waals surface area contributed by atoms with Crippen molar-refractivity contribution < 1.29 is 9.53 Å². The zero-order valence-corrected chi connectivity index (χ0v) is 15.6. The molecule has 0 saturated carbocycles. The van der Waals surface area contributed by atoms with Gasteiger partial charge in [0.25, 0.3) is 0 Å². The molecule has 1 N–H and O–H groups in total. The summed E-state index contributed by atoms with van der Waals surface area (Å²) in [5, 5.41) is 2.97. The maximum Gasteiger partial charge on any atom is 0.228 e. The Kier molecular flexibility index (Phi) is 6.12. The Morgan fingerprint density at radius 2 is 1.65 bits per heavy atom. The van der Waals surface area contributed by atoms with E-state index >= 15 is 0 Å². The Morgan fingerprint density at radius 3 is 2.27 bits per heavy atom. The van der Waals surface area contributed by atoms with Crippen LogP contribution in [-0.2, 0) is 11.2 Å². The third-order valence-corrected chi connectivity index (χ3v) is 4.62. The molecular weight excluding hydrogens is 326 g/mol. The molecule has 1 aliphatic rings. The number of carbonyl (C=O) groups is 1. The summed E-state index contributed by atoms with van der Waals surface area (Å²) in [5.41, 5.74) is 3.02. The number of anilines is 2. The fourth-order valence-electron chi connectivity index (χ4n) is 3.08. The molecule has 5 heteroatoms. The van der Waals surface area contributed by atoms with E-state index < -0.39 is 0 Å². The molecule has 0 aliphatic carbocycles. The summed E-state index contributed by atoms with van der Waals surface area (Å²) in [6.45, 7) is 6.85. The van der Waals surface area contributed by atoms with Gasteiger partial charge in [-0.1, -0.05) is 12.1 Å². The molecule has 3 rings (SSSR count). The SMILES string of the molecule is CCOc1ccc(CC(=O)Nc2ccc(N3CCN(C)CC3)cc2)cc1. The van der Waals surface area contributed by atoms with Gasteiger partial charge in [-0.3, -0.25) is 4.79 Å². The van der Waals surface area contributed by atoms with Crippen molar-refractivity contribution >= 4 is 17.3 Å². The zero-order valence-electron chi connectivity index (χ0n) is 15.6. The van der Waals surface area contributed by atoms with Gasteiger partial charge in [-0.25, -0.2) is 0 Å². The van der Waals surface area contributed by atoms with Crippen LogP contribution >= 0.6 is 0 Å². The van der Waals surface area contributed by atoms with Crippen molar-refractivity contribution in [3.05, 3.63) is 54.1 Å². The van der Waals surface area contributed by atoms with Crippen LogP contribution in [0.25, 0.3) is 0 Å². The van der Waals surface area contributed by atoms with Crippen LogP contribution in [0.4, 0.5) is 11.4 Å². The van der Waals surface area contributed by atoms with Gasteiger partial charge in [0.05, 0.1) is 13.0 Å². The van der Waals surface area contributed by atoms with Gasteiger partial charge in [-0.15, -0.1) is 0 Å². The van der Waals surface area contributed by atoms with Crippen LogP contribution in [0.3, 0.4) is 0 Å². The molecule has 138 valence electrons. The van der Waals surface area contributed by atoms with Gasteiger partial charge in [0.15, 0.2) is 0 Å². The highest BCUT2D eigenvalue weighted by Gasteiger charge is 2.14. The lowest BCUT2D eigenvalue weighted by Gasteiger charge is -2.34. The second-order valence-corrected chi connectivity index (χ2v) is 6.64. The molecule has 1 amide bonds. The van der Waals surface area contributed by atoms with E-state index in [9.17, 15) is 4.79 Å². The standard InChI is InChI=1S/C21H27N3O2/c1-3-26-20-10-4-17(5-11-20)16-21(25)22-18-6-8-19(9-7-18)24-14-12-23(2)13-15-24/h4-11H,3,12-16H2,1-2H3,(H,22,25). The fourth-order valence-corrected chi connectivity index (χ4v) is 3.08. The van der Waals surface area contributed by atoms with E-state index in [1.54, 1.807) is 0 Å². The third-order valence-electron chi connectivity index (χ3n) is 4.62. The molecule has 0 aromatic heterocycles. The maximum absolute atomic E-state index is 12.3. The molecule has 0 atom stereocenters. The van der Waals surface area contributed by atoms with Crippen molar-refractivity contribution in [1.29, 1.82) is 0 Å². The zero-order chi connectivity index (χ0) is 18.4. The molecule has 1 heterocycles. The molecule has 2 aromatic carbocycles. The monoisotopic (exact) mass is 353 g/mol. The van der Waals surface area contributed by atoms with Gasteiger partial charge < -0.3 is 19.9 Å². The molecule has 0 unspecified atom stereocenters. The van der Waals surface area contributed by atoms with E-state index in [1.165, 1.54) is 5.69 Å². The highest BCUT2D eigenvalue weighted by molar-refractivity contribution is 5.92. The number of hydrogen-bond acceptors (Lipinski definition) is 4. The summed E-state index contributed by atoms with van der Waals surface area (Å²) in [4.78, 5) is 17.0. The molecule has 1 saturated heterocycles. The quantitative estimate of drug-likeness (QED) is 0.867. The lowest BCUT2D eigenvalue weighted by molar-refractivity contribution is -0.115. The Labute approximate surface area is 155 Å². The predicted octanol–water partition coefficient (Wildman–Crippen LogP) is 3.02. The van der Waals surface area contributed by atoms with Crippen LogP contribution in [0, 0.1) is 0 Å².